The van der Waals surface area contributed by atoms with Crippen LogP contribution in [0.2, 0.25) is 10.0 Å². The molecule has 3 N–H and O–H groups in total. The van der Waals surface area contributed by atoms with Crippen LogP contribution in [0.1, 0.15) is 15.9 Å². The molecule has 3 nitrogen and oxygen atoms in total. The highest BCUT2D eigenvalue weighted by molar-refractivity contribution is 7.80. The number of benzene rings is 2. The number of carbonyl (C=O) groups is 1. The zero-order valence-corrected chi connectivity index (χ0v) is 12.5. The molecule has 1 amide bonds. The number of amides is 1. The predicted molar refractivity (Wildman–Crippen MR) is 86.7 cm³/mol. The molecule has 0 saturated carbocycles. The van der Waals surface area contributed by atoms with Crippen molar-refractivity contribution >= 4 is 52.0 Å². The van der Waals surface area contributed by atoms with Crippen LogP contribution in [-0.2, 0) is 0 Å². The van der Waals surface area contributed by atoms with E-state index in [1.165, 1.54) is 0 Å². The fourth-order valence-electron chi connectivity index (χ4n) is 1.57. The van der Waals surface area contributed by atoms with Gasteiger partial charge in [0.15, 0.2) is 0 Å². The summed E-state index contributed by atoms with van der Waals surface area (Å²) in [5.41, 5.74) is 7.12. The van der Waals surface area contributed by atoms with Crippen LogP contribution in [0.4, 0.5) is 5.69 Å². The maximum atomic E-state index is 12.1. The van der Waals surface area contributed by atoms with Crippen LogP contribution in [0.15, 0.2) is 42.5 Å². The zero-order chi connectivity index (χ0) is 14.7. The lowest BCUT2D eigenvalue weighted by molar-refractivity contribution is 0.102. The van der Waals surface area contributed by atoms with Crippen molar-refractivity contribution in [1.82, 2.24) is 0 Å². The first-order valence-electron chi connectivity index (χ1n) is 5.63. The van der Waals surface area contributed by atoms with E-state index in [1.54, 1.807) is 42.5 Å². The summed E-state index contributed by atoms with van der Waals surface area (Å²) in [6.45, 7) is 0. The van der Waals surface area contributed by atoms with Gasteiger partial charge < -0.3 is 11.1 Å². The van der Waals surface area contributed by atoms with Gasteiger partial charge in [-0.3, -0.25) is 4.79 Å². The second-order valence-corrected chi connectivity index (χ2v) is 5.30. The van der Waals surface area contributed by atoms with Crippen molar-refractivity contribution in [1.29, 1.82) is 0 Å². The Labute approximate surface area is 131 Å². The Balaban J connectivity index is 2.25. The summed E-state index contributed by atoms with van der Waals surface area (Å²) in [6.07, 6.45) is 0. The third kappa shape index (κ3) is 3.48. The van der Waals surface area contributed by atoms with Crippen LogP contribution in [0, 0.1) is 0 Å². The van der Waals surface area contributed by atoms with Crippen LogP contribution >= 0.6 is 35.4 Å². The molecule has 2 aromatic carbocycles. The first-order chi connectivity index (χ1) is 9.47. The molecule has 102 valence electrons. The highest BCUT2D eigenvalue weighted by Crippen LogP contribution is 2.24. The molecule has 2 aromatic rings. The molecule has 0 fully saturated rings. The lowest BCUT2D eigenvalue weighted by Gasteiger charge is -2.09. The molecule has 0 bridgehead atoms. The summed E-state index contributed by atoms with van der Waals surface area (Å²) in [6, 6.07) is 11.5. The molecule has 0 spiro atoms. The maximum absolute atomic E-state index is 12.1. The van der Waals surface area contributed by atoms with Crippen molar-refractivity contribution in [2.45, 2.75) is 0 Å². The largest absolute Gasteiger partial charge is 0.389 e. The van der Waals surface area contributed by atoms with Crippen LogP contribution in [-0.4, -0.2) is 10.9 Å². The van der Waals surface area contributed by atoms with E-state index in [2.05, 4.69) is 5.32 Å². The minimum Gasteiger partial charge on any atom is -0.389 e. The third-order valence-corrected chi connectivity index (χ3v) is 3.42. The molecule has 0 radical (unpaired) electrons. The second kappa shape index (κ2) is 6.22. The fraction of sp³-hybridized carbons (Fsp3) is 0. The molecule has 2 rings (SSSR count). The first-order valence-corrected chi connectivity index (χ1v) is 6.80. The molecular weight excluding hydrogens is 315 g/mol. The second-order valence-electron chi connectivity index (χ2n) is 4.02. The van der Waals surface area contributed by atoms with Gasteiger partial charge >= 0.3 is 0 Å². The summed E-state index contributed by atoms with van der Waals surface area (Å²) >= 11 is 16.7. The highest BCUT2D eigenvalue weighted by Gasteiger charge is 2.10. The number of carbonyl (C=O) groups excluding carboxylic acids is 1. The van der Waals surface area contributed by atoms with Gasteiger partial charge in [-0.25, -0.2) is 0 Å². The van der Waals surface area contributed by atoms with Gasteiger partial charge in [0.05, 0.1) is 10.7 Å². The van der Waals surface area contributed by atoms with E-state index in [1.807, 2.05) is 0 Å². The standard InChI is InChI=1S/C14H10Cl2N2OS/c15-10-4-1-8(2-5-10)14(19)18-12-7-9(13(17)20)3-6-11(12)16/h1-7H,(H2,17,20)(H,18,19). The molecule has 0 aliphatic rings. The van der Waals surface area contributed by atoms with E-state index in [9.17, 15) is 4.79 Å². The van der Waals surface area contributed by atoms with Crippen molar-refractivity contribution in [2.75, 3.05) is 5.32 Å². The van der Waals surface area contributed by atoms with E-state index in [0.717, 1.165) is 0 Å². The summed E-state index contributed by atoms with van der Waals surface area (Å²) < 4.78 is 0. The van der Waals surface area contributed by atoms with E-state index in [4.69, 9.17) is 41.2 Å². The van der Waals surface area contributed by atoms with E-state index in [0.29, 0.717) is 26.9 Å². The molecule has 0 aliphatic heterocycles. The maximum Gasteiger partial charge on any atom is 0.255 e. The summed E-state index contributed by atoms with van der Waals surface area (Å²) in [5, 5.41) is 3.69. The molecule has 0 saturated heterocycles. The number of anilines is 1. The van der Waals surface area contributed by atoms with Crippen molar-refractivity contribution in [3.63, 3.8) is 0 Å². The van der Waals surface area contributed by atoms with E-state index in [-0.39, 0.29) is 10.9 Å². The molecule has 0 atom stereocenters. The number of nitrogens with two attached hydrogens (primary N) is 1. The first kappa shape index (κ1) is 14.8. The summed E-state index contributed by atoms with van der Waals surface area (Å²) in [7, 11) is 0. The Bertz CT molecular complexity index is 671. The summed E-state index contributed by atoms with van der Waals surface area (Å²) in [5.74, 6) is -0.288. The molecule has 0 unspecified atom stereocenters. The number of halogens is 2. The Hall–Kier alpha value is -1.62. The third-order valence-electron chi connectivity index (χ3n) is 2.61. The zero-order valence-electron chi connectivity index (χ0n) is 10.2. The predicted octanol–water partition coefficient (Wildman–Crippen LogP) is 3.88. The molecule has 20 heavy (non-hydrogen) atoms. The molecule has 0 aliphatic carbocycles. The molecular formula is C14H10Cl2N2OS. The molecule has 6 heteroatoms. The fourth-order valence-corrected chi connectivity index (χ4v) is 1.99. The van der Waals surface area contributed by atoms with Gasteiger partial charge in [0.25, 0.3) is 5.91 Å². The Morgan fingerprint density at radius 3 is 2.25 bits per heavy atom. The van der Waals surface area contributed by atoms with Crippen molar-refractivity contribution < 1.29 is 4.79 Å². The van der Waals surface area contributed by atoms with Crippen LogP contribution in [0.3, 0.4) is 0 Å². The monoisotopic (exact) mass is 324 g/mol. The van der Waals surface area contributed by atoms with Gasteiger partial charge in [-0.2, -0.15) is 0 Å². The Morgan fingerprint density at radius 2 is 1.65 bits per heavy atom. The number of hydrogen-bond donors (Lipinski definition) is 2. The van der Waals surface area contributed by atoms with Gasteiger partial charge in [-0.05, 0) is 36.4 Å². The van der Waals surface area contributed by atoms with Gasteiger partial charge in [-0.15, -0.1) is 0 Å². The van der Waals surface area contributed by atoms with Crippen LogP contribution in [0.25, 0.3) is 0 Å². The van der Waals surface area contributed by atoms with Gasteiger partial charge in [0.1, 0.15) is 4.99 Å². The normalized spacial score (nSPS) is 10.1. The lowest BCUT2D eigenvalue weighted by Crippen LogP contribution is -2.14. The average Bonchev–Trinajstić information content (AvgIpc) is 2.41. The number of rotatable bonds is 3. The SMILES string of the molecule is NC(=S)c1ccc(Cl)c(NC(=O)c2ccc(Cl)cc2)c1. The van der Waals surface area contributed by atoms with E-state index < -0.39 is 0 Å². The van der Waals surface area contributed by atoms with Gasteiger partial charge in [0, 0.05) is 16.1 Å². The number of thiocarbonyl (C=S) groups is 1. The van der Waals surface area contributed by atoms with Crippen molar-refractivity contribution in [2.24, 2.45) is 5.73 Å². The van der Waals surface area contributed by atoms with Gasteiger partial charge in [-0.1, -0.05) is 41.5 Å². The van der Waals surface area contributed by atoms with Crippen LogP contribution in [0.5, 0.6) is 0 Å². The minimum absolute atomic E-state index is 0.239. The van der Waals surface area contributed by atoms with Gasteiger partial charge in [0.2, 0.25) is 0 Å². The molecule has 0 aromatic heterocycles. The topological polar surface area (TPSA) is 55.1 Å². The van der Waals surface area contributed by atoms with Crippen molar-refractivity contribution in [3.8, 4) is 0 Å². The average molecular weight is 325 g/mol. The van der Waals surface area contributed by atoms with E-state index >= 15 is 0 Å². The molecule has 0 heterocycles. The lowest BCUT2D eigenvalue weighted by atomic mass is 10.1. The minimum atomic E-state index is -0.288. The number of nitrogens with one attached hydrogen (secondary N) is 1. The Morgan fingerprint density at radius 1 is 1.05 bits per heavy atom. The Kier molecular flexibility index (Phi) is 4.60. The smallest absolute Gasteiger partial charge is 0.255 e. The quantitative estimate of drug-likeness (QED) is 0.842. The van der Waals surface area contributed by atoms with Crippen molar-refractivity contribution in [3.05, 3.63) is 63.6 Å². The number of hydrogen-bond acceptors (Lipinski definition) is 2. The summed E-state index contributed by atoms with van der Waals surface area (Å²) in [4.78, 5) is 12.3. The highest BCUT2D eigenvalue weighted by atomic mass is 35.5. The van der Waals surface area contributed by atoms with Crippen LogP contribution < -0.4 is 11.1 Å².